The van der Waals surface area contributed by atoms with Crippen LogP contribution in [-0.4, -0.2) is 24.2 Å². The minimum absolute atomic E-state index is 0.0677. The van der Waals surface area contributed by atoms with Gasteiger partial charge in [-0.25, -0.2) is 5.43 Å². The van der Waals surface area contributed by atoms with Crippen molar-refractivity contribution in [1.82, 2.24) is 10.3 Å². The van der Waals surface area contributed by atoms with Gasteiger partial charge in [0.2, 0.25) is 0 Å². The minimum Gasteiger partial charge on any atom is -0.289 e. The molecule has 0 bridgehead atoms. The number of nitrogens with one attached hydrogen (secondary N) is 1. The van der Waals surface area contributed by atoms with Crippen LogP contribution in [0.1, 0.15) is 25.6 Å². The molecule has 1 aromatic carbocycles. The summed E-state index contributed by atoms with van der Waals surface area (Å²) in [4.78, 5) is 3.35. The Labute approximate surface area is 102 Å². The van der Waals surface area contributed by atoms with Crippen LogP contribution in [0.2, 0.25) is 0 Å². The van der Waals surface area contributed by atoms with Crippen LogP contribution in [0.5, 0.6) is 0 Å². The monoisotopic (exact) mass is 239 g/mol. The first-order valence-electron chi connectivity index (χ1n) is 5.43. The maximum absolute atomic E-state index is 5.53. The second kappa shape index (κ2) is 6.25. The highest BCUT2D eigenvalue weighted by Gasteiger charge is 2.11. The zero-order chi connectivity index (χ0) is 12.1. The zero-order valence-electron chi connectivity index (χ0n) is 10.4. The first-order chi connectivity index (χ1) is 7.54. The van der Waals surface area contributed by atoms with Gasteiger partial charge in [-0.3, -0.25) is 10.7 Å². The average Bonchev–Trinajstić information content (AvgIpc) is 2.20. The van der Waals surface area contributed by atoms with Crippen molar-refractivity contribution in [2.75, 3.05) is 14.1 Å². The summed E-state index contributed by atoms with van der Waals surface area (Å²) in [7, 11) is 4.00. The molecule has 0 aromatic heterocycles. The summed E-state index contributed by atoms with van der Waals surface area (Å²) in [6.45, 7) is 4.39. The molecule has 3 nitrogen and oxygen atoms in total. The lowest BCUT2D eigenvalue weighted by Gasteiger charge is -2.23. The molecule has 1 atom stereocenters. The number of rotatable bonds is 5. The first kappa shape index (κ1) is 13.5. The smallest absolute Gasteiger partial charge is 0.0980 e. The number of nitrogens with zero attached hydrogens (tertiary/aromatic N) is 1. The van der Waals surface area contributed by atoms with E-state index in [4.69, 9.17) is 5.84 Å². The molecule has 0 heterocycles. The lowest BCUT2D eigenvalue weighted by atomic mass is 10.1. The Bertz CT molecular complexity index is 309. The van der Waals surface area contributed by atoms with Crippen LogP contribution in [0.3, 0.4) is 0 Å². The summed E-state index contributed by atoms with van der Waals surface area (Å²) in [6, 6.07) is 8.53. The van der Waals surface area contributed by atoms with E-state index in [1.54, 1.807) is 0 Å². The fraction of sp³-hybridized carbons (Fsp3) is 0.500. The molecule has 4 heteroatoms. The van der Waals surface area contributed by atoms with Gasteiger partial charge >= 0.3 is 0 Å². The Hall–Kier alpha value is -0.550. The van der Waals surface area contributed by atoms with Crippen molar-refractivity contribution in [3.05, 3.63) is 29.8 Å². The highest BCUT2D eigenvalue weighted by atomic mass is 32.2. The lowest BCUT2D eigenvalue weighted by molar-refractivity contribution is 0.253. The van der Waals surface area contributed by atoms with Crippen molar-refractivity contribution in [3.8, 4) is 0 Å². The van der Waals surface area contributed by atoms with Gasteiger partial charge in [0.25, 0.3) is 0 Å². The molecule has 0 aliphatic heterocycles. The van der Waals surface area contributed by atoms with Gasteiger partial charge in [0.05, 0.1) is 6.17 Å². The van der Waals surface area contributed by atoms with Gasteiger partial charge in [-0.2, -0.15) is 0 Å². The van der Waals surface area contributed by atoms with Crippen LogP contribution >= 0.6 is 11.8 Å². The second-order valence-corrected chi connectivity index (χ2v) is 5.92. The van der Waals surface area contributed by atoms with E-state index in [0.29, 0.717) is 5.25 Å². The highest BCUT2D eigenvalue weighted by Crippen LogP contribution is 2.24. The highest BCUT2D eigenvalue weighted by molar-refractivity contribution is 7.99. The Morgan fingerprint density at radius 3 is 2.12 bits per heavy atom. The third kappa shape index (κ3) is 3.79. The lowest BCUT2D eigenvalue weighted by Crippen LogP contribution is -2.37. The van der Waals surface area contributed by atoms with Crippen molar-refractivity contribution in [3.63, 3.8) is 0 Å². The summed E-state index contributed by atoms with van der Waals surface area (Å²) >= 11 is 1.87. The molecule has 0 radical (unpaired) electrons. The molecule has 3 N–H and O–H groups in total. The Kier molecular flexibility index (Phi) is 5.28. The van der Waals surface area contributed by atoms with Crippen LogP contribution in [0.15, 0.2) is 29.2 Å². The van der Waals surface area contributed by atoms with Crippen LogP contribution in [0.25, 0.3) is 0 Å². The van der Waals surface area contributed by atoms with E-state index in [0.717, 1.165) is 0 Å². The van der Waals surface area contributed by atoms with Gasteiger partial charge in [-0.1, -0.05) is 26.0 Å². The van der Waals surface area contributed by atoms with Crippen LogP contribution in [0.4, 0.5) is 0 Å². The van der Waals surface area contributed by atoms with E-state index in [-0.39, 0.29) is 6.17 Å². The summed E-state index contributed by atoms with van der Waals surface area (Å²) in [5, 5.41) is 0.614. The molecule has 1 rings (SSSR count). The number of thioether (sulfide) groups is 1. The maximum Gasteiger partial charge on any atom is 0.0980 e. The molecule has 16 heavy (non-hydrogen) atoms. The third-order valence-electron chi connectivity index (χ3n) is 2.24. The fourth-order valence-corrected chi connectivity index (χ4v) is 2.38. The minimum atomic E-state index is 0.0677. The maximum atomic E-state index is 5.53. The largest absolute Gasteiger partial charge is 0.289 e. The number of benzene rings is 1. The van der Waals surface area contributed by atoms with Crippen molar-refractivity contribution >= 4 is 11.8 Å². The zero-order valence-corrected chi connectivity index (χ0v) is 11.2. The summed E-state index contributed by atoms with van der Waals surface area (Å²) in [5.41, 5.74) is 3.98. The Morgan fingerprint density at radius 2 is 1.75 bits per heavy atom. The molecule has 0 fully saturated rings. The quantitative estimate of drug-likeness (QED) is 0.358. The molecule has 1 unspecified atom stereocenters. The second-order valence-electron chi connectivity index (χ2n) is 4.27. The molecular formula is C12H21N3S. The van der Waals surface area contributed by atoms with E-state index < -0.39 is 0 Å². The SMILES string of the molecule is CC(C)Sc1ccc(C(NN)N(C)C)cc1. The predicted octanol–water partition coefficient (Wildman–Crippen LogP) is 2.21. The number of hydrogen-bond donors (Lipinski definition) is 2. The fourth-order valence-electron chi connectivity index (χ4n) is 1.54. The molecule has 0 amide bonds. The molecule has 1 aromatic rings. The van der Waals surface area contributed by atoms with Crippen molar-refractivity contribution in [1.29, 1.82) is 0 Å². The van der Waals surface area contributed by atoms with Gasteiger partial charge in [-0.05, 0) is 31.8 Å². The van der Waals surface area contributed by atoms with Crippen molar-refractivity contribution in [2.24, 2.45) is 5.84 Å². The van der Waals surface area contributed by atoms with E-state index in [2.05, 4.69) is 43.5 Å². The number of hydrogen-bond acceptors (Lipinski definition) is 4. The van der Waals surface area contributed by atoms with Crippen molar-refractivity contribution in [2.45, 2.75) is 30.2 Å². The van der Waals surface area contributed by atoms with E-state index in [1.807, 2.05) is 30.8 Å². The van der Waals surface area contributed by atoms with Crippen LogP contribution in [-0.2, 0) is 0 Å². The van der Waals surface area contributed by atoms with Gasteiger partial charge < -0.3 is 0 Å². The van der Waals surface area contributed by atoms with E-state index in [1.165, 1.54) is 10.5 Å². The Balaban J connectivity index is 2.77. The summed E-state index contributed by atoms with van der Waals surface area (Å²) in [6.07, 6.45) is 0.0677. The van der Waals surface area contributed by atoms with Crippen LogP contribution in [0, 0.1) is 0 Å². The molecule has 0 saturated carbocycles. The first-order valence-corrected chi connectivity index (χ1v) is 6.31. The van der Waals surface area contributed by atoms with Gasteiger partial charge in [0.15, 0.2) is 0 Å². The van der Waals surface area contributed by atoms with Crippen molar-refractivity contribution < 1.29 is 0 Å². The molecule has 0 saturated heterocycles. The van der Waals surface area contributed by atoms with E-state index >= 15 is 0 Å². The predicted molar refractivity (Wildman–Crippen MR) is 71.2 cm³/mol. The Morgan fingerprint density at radius 1 is 1.19 bits per heavy atom. The number of hydrazine groups is 1. The van der Waals surface area contributed by atoms with Crippen LogP contribution < -0.4 is 11.3 Å². The summed E-state index contributed by atoms with van der Waals surface area (Å²) < 4.78 is 0. The molecule has 0 spiro atoms. The normalized spacial score (nSPS) is 13.4. The average molecular weight is 239 g/mol. The topological polar surface area (TPSA) is 41.3 Å². The molecular weight excluding hydrogens is 218 g/mol. The third-order valence-corrected chi connectivity index (χ3v) is 3.26. The number of nitrogens with two attached hydrogens (primary N) is 1. The molecule has 0 aliphatic carbocycles. The van der Waals surface area contributed by atoms with Gasteiger partial charge in [0, 0.05) is 10.1 Å². The van der Waals surface area contributed by atoms with Gasteiger partial charge in [0.1, 0.15) is 0 Å². The standard InChI is InChI=1S/C12H21N3S/c1-9(2)16-11-7-5-10(6-8-11)12(14-13)15(3)4/h5-9,12,14H,13H2,1-4H3. The molecule has 90 valence electrons. The molecule has 0 aliphatic rings. The van der Waals surface area contributed by atoms with Gasteiger partial charge in [-0.15, -0.1) is 11.8 Å². The summed E-state index contributed by atoms with van der Waals surface area (Å²) in [5.74, 6) is 5.53. The van der Waals surface area contributed by atoms with E-state index in [9.17, 15) is 0 Å².